The minimum atomic E-state index is -1.39. The number of primary amides is 1. The van der Waals surface area contributed by atoms with Gasteiger partial charge in [0.15, 0.2) is 17.3 Å². The molecule has 4 amide bonds. The molecule has 0 spiro atoms. The number of nitrogens with zero attached hydrogens (tertiary/aromatic N) is 2. The van der Waals surface area contributed by atoms with Gasteiger partial charge in [0, 0.05) is 79.6 Å². The van der Waals surface area contributed by atoms with Crippen molar-refractivity contribution in [2.45, 2.75) is 150 Å². The van der Waals surface area contributed by atoms with Crippen LogP contribution in [0.2, 0.25) is 0 Å². The number of phenols is 1. The topological polar surface area (TPSA) is 263 Å². The number of unbranched alkanes of at least 4 members (excludes halogenated alkanes) is 2. The van der Waals surface area contributed by atoms with Gasteiger partial charge >= 0.3 is 6.16 Å². The smallest absolute Gasteiger partial charge is 0.507 e. The number of phenolic OH excluding ortho intramolecular Hbond substituents is 1. The zero-order valence-electron chi connectivity index (χ0n) is 48.7. The molecular weight excluding hydrogens is 1040 g/mol. The average molecular weight is 1130 g/mol. The van der Waals surface area contributed by atoms with Crippen molar-refractivity contribution in [3.05, 3.63) is 107 Å². The van der Waals surface area contributed by atoms with Crippen molar-refractivity contribution in [1.82, 2.24) is 15.1 Å². The van der Waals surface area contributed by atoms with E-state index in [-0.39, 0.29) is 90.8 Å². The summed E-state index contributed by atoms with van der Waals surface area (Å²) in [4.78, 5) is 128. The highest BCUT2D eigenvalue weighted by Gasteiger charge is 2.39. The highest BCUT2D eigenvalue weighted by Crippen LogP contribution is 2.41. The first-order valence-electron chi connectivity index (χ1n) is 29.1. The van der Waals surface area contributed by atoms with Gasteiger partial charge in [-0.25, -0.2) is 4.79 Å². The molecule has 17 nitrogen and oxygen atoms in total. The predicted molar refractivity (Wildman–Crippen MR) is 312 cm³/mol. The number of likely N-dealkylation sites (N-methyl/N-ethyl adjacent to an activating group) is 1. The van der Waals surface area contributed by atoms with Crippen LogP contribution in [-0.4, -0.2) is 107 Å². The summed E-state index contributed by atoms with van der Waals surface area (Å²) < 4.78 is 11.1. The lowest BCUT2D eigenvalue weighted by Crippen LogP contribution is -2.48. The SMILES string of the molecule is CCCCc1ccc(-c2ccc(C(=O)CC[C@@H](C)C(=O)C[C@@H](CCCCN)C(=O)N(C)[C@@H]3C(=O)C[C@@H](C)C(=O)N[C@H](C(=O)C[C@@H](C)C(=O)N4CCC[C@H]4C(N)=O)Cc4ccc(O)c(c4)-c4cc3ccc4OC(=O)OCC(C)C)cc2)cc1. The number of nitrogens with one attached hydrogen (secondary N) is 1. The number of fused-ring (bicyclic) bond motifs is 5. The summed E-state index contributed by atoms with van der Waals surface area (Å²) in [6.45, 7) is 11.4. The number of ketones is 4. The standard InChI is InChI=1S/C65H83N5O12/c1-8-9-13-43-17-20-45(21-18-43)46-22-24-47(25-23-46)54(71)27-16-40(4)56(73)37-49(14-10-11-30-66)64(79)69(7)60-48-26-29-59(82-65(80)81-38-39(2)3)51(36-48)50-34-44(19-28-55(50)72)35-52(68-62(77)41(5)32-58(60)75)57(74)33-42(6)63(78)70-31-12-15-53(70)61(67)76/h17-26,28-29,34,36,39-42,49,52-53,60,72H,8-16,27,30-33,35,37-38,66H2,1-7H3,(H2,67,76)(H,68,77)/t40-,41-,42-,49-,52+,53+,60+/m1/s1. The van der Waals surface area contributed by atoms with Gasteiger partial charge in [0.1, 0.15) is 29.4 Å². The van der Waals surface area contributed by atoms with E-state index >= 15 is 9.59 Å². The fraction of sp³-hybridized carbons (Fsp3) is 0.492. The summed E-state index contributed by atoms with van der Waals surface area (Å²) >= 11 is 0. The van der Waals surface area contributed by atoms with Crippen LogP contribution < -0.4 is 21.5 Å². The van der Waals surface area contributed by atoms with Crippen LogP contribution >= 0.6 is 0 Å². The Bertz CT molecular complexity index is 2940. The van der Waals surface area contributed by atoms with Crippen LogP contribution in [0.5, 0.6) is 11.5 Å². The first-order valence-corrected chi connectivity index (χ1v) is 29.1. The van der Waals surface area contributed by atoms with Gasteiger partial charge in [-0.2, -0.15) is 0 Å². The van der Waals surface area contributed by atoms with Gasteiger partial charge in [-0.05, 0) is 116 Å². The van der Waals surface area contributed by atoms with Crippen molar-refractivity contribution >= 4 is 52.9 Å². The van der Waals surface area contributed by atoms with E-state index in [0.717, 1.165) is 30.4 Å². The lowest BCUT2D eigenvalue weighted by molar-refractivity contribution is -0.144. The van der Waals surface area contributed by atoms with Gasteiger partial charge in [0.25, 0.3) is 0 Å². The molecular formula is C65H83N5O12. The fourth-order valence-corrected chi connectivity index (χ4v) is 10.8. The first-order chi connectivity index (χ1) is 39.1. The van der Waals surface area contributed by atoms with Crippen LogP contribution in [0.15, 0.2) is 84.9 Å². The summed E-state index contributed by atoms with van der Waals surface area (Å²) in [5.74, 6) is -7.49. The largest absolute Gasteiger partial charge is 0.513 e. The Morgan fingerprint density at radius 1 is 0.817 bits per heavy atom. The van der Waals surface area contributed by atoms with Crippen LogP contribution in [0.25, 0.3) is 22.3 Å². The summed E-state index contributed by atoms with van der Waals surface area (Å²) in [6, 6.07) is 21.4. The highest BCUT2D eigenvalue weighted by atomic mass is 16.7. The lowest BCUT2D eigenvalue weighted by atomic mass is 9.86. The van der Waals surface area contributed by atoms with Crippen LogP contribution in [0, 0.1) is 29.6 Å². The van der Waals surface area contributed by atoms with E-state index in [1.54, 1.807) is 38.1 Å². The van der Waals surface area contributed by atoms with Crippen LogP contribution in [0.1, 0.15) is 152 Å². The van der Waals surface area contributed by atoms with E-state index in [2.05, 4.69) is 36.5 Å². The van der Waals surface area contributed by atoms with Gasteiger partial charge in [0.05, 0.1) is 12.6 Å². The quantitative estimate of drug-likeness (QED) is 0.0209. The molecule has 4 bridgehead atoms. The van der Waals surface area contributed by atoms with E-state index in [1.807, 2.05) is 26.0 Å². The Morgan fingerprint density at radius 2 is 1.51 bits per heavy atom. The number of rotatable bonds is 25. The number of aromatic hydroxyl groups is 1. The first kappa shape index (κ1) is 63.6. The Balaban J connectivity index is 1.28. The highest BCUT2D eigenvalue weighted by molar-refractivity contribution is 5.99. The van der Waals surface area contributed by atoms with Crippen molar-refractivity contribution in [2.75, 3.05) is 26.7 Å². The van der Waals surface area contributed by atoms with Crippen molar-refractivity contribution < 1.29 is 57.7 Å². The number of carbonyl (C=O) groups excluding carboxylic acids is 9. The average Bonchev–Trinajstić information content (AvgIpc) is 4.02. The van der Waals surface area contributed by atoms with Crippen LogP contribution in [-0.2, 0) is 51.1 Å². The summed E-state index contributed by atoms with van der Waals surface area (Å²) in [5.41, 5.74) is 16.3. The number of amides is 4. The fourth-order valence-electron chi connectivity index (χ4n) is 10.8. The van der Waals surface area contributed by atoms with E-state index in [0.29, 0.717) is 49.9 Å². The number of benzene rings is 4. The second-order valence-corrected chi connectivity index (χ2v) is 22.9. The molecule has 0 aromatic heterocycles. The van der Waals surface area contributed by atoms with Crippen molar-refractivity contribution in [1.29, 1.82) is 0 Å². The Morgan fingerprint density at radius 3 is 2.17 bits per heavy atom. The molecule has 2 aliphatic rings. The Labute approximate surface area is 482 Å². The molecule has 6 N–H and O–H groups in total. The maximum atomic E-state index is 15.1. The maximum absolute atomic E-state index is 15.1. The third kappa shape index (κ3) is 17.0. The van der Waals surface area contributed by atoms with Gasteiger partial charge in [-0.3, -0.25) is 38.4 Å². The number of Topliss-reactive ketones (excluding diaryl/α,β-unsaturated/α-hetero) is 4. The van der Waals surface area contributed by atoms with E-state index in [1.165, 1.54) is 53.6 Å². The summed E-state index contributed by atoms with van der Waals surface area (Å²) in [6.07, 6.45) is 3.86. The van der Waals surface area contributed by atoms with Gasteiger partial charge in [0.2, 0.25) is 23.6 Å². The molecule has 1 saturated heterocycles. The lowest BCUT2D eigenvalue weighted by Gasteiger charge is -2.32. The van der Waals surface area contributed by atoms with Crippen molar-refractivity contribution in [3.63, 3.8) is 0 Å². The minimum Gasteiger partial charge on any atom is -0.507 e. The number of aryl methyl sites for hydroxylation is 1. The third-order valence-electron chi connectivity index (χ3n) is 15.8. The molecule has 82 heavy (non-hydrogen) atoms. The minimum absolute atomic E-state index is 0.0272. The number of carbonyl (C=O) groups is 9. The molecule has 4 aromatic carbocycles. The molecule has 440 valence electrons. The van der Waals surface area contributed by atoms with E-state index in [4.69, 9.17) is 20.9 Å². The number of hydrogen-bond acceptors (Lipinski definition) is 13. The Hall–Kier alpha value is -7.53. The summed E-state index contributed by atoms with van der Waals surface area (Å²) in [7, 11) is 1.45. The van der Waals surface area contributed by atoms with Gasteiger partial charge in [-0.15, -0.1) is 0 Å². The maximum Gasteiger partial charge on any atom is 0.513 e. The zero-order valence-corrected chi connectivity index (χ0v) is 48.7. The molecule has 7 atom stereocenters. The number of nitrogens with two attached hydrogens (primary N) is 2. The molecule has 0 unspecified atom stereocenters. The number of ether oxygens (including phenoxy) is 2. The summed E-state index contributed by atoms with van der Waals surface area (Å²) in [5, 5.41) is 14.4. The second-order valence-electron chi connectivity index (χ2n) is 22.9. The molecule has 0 aliphatic carbocycles. The molecule has 4 aromatic rings. The third-order valence-corrected chi connectivity index (χ3v) is 15.8. The molecule has 17 heteroatoms. The molecule has 2 aliphatic heterocycles. The van der Waals surface area contributed by atoms with Crippen LogP contribution in [0.4, 0.5) is 4.79 Å². The second kappa shape index (κ2) is 30.0. The predicted octanol–water partition coefficient (Wildman–Crippen LogP) is 9.45. The monoisotopic (exact) mass is 1130 g/mol. The van der Waals surface area contributed by atoms with Gasteiger partial charge in [-0.1, -0.05) is 115 Å². The Kier molecular flexibility index (Phi) is 23.3. The zero-order chi connectivity index (χ0) is 59.8. The van der Waals surface area contributed by atoms with Crippen molar-refractivity contribution in [3.8, 4) is 33.8 Å². The molecule has 0 saturated carbocycles. The molecule has 6 rings (SSSR count). The van der Waals surface area contributed by atoms with Crippen LogP contribution in [0.3, 0.4) is 0 Å². The van der Waals surface area contributed by atoms with E-state index in [9.17, 15) is 38.7 Å². The van der Waals surface area contributed by atoms with Gasteiger partial charge < -0.3 is 41.2 Å². The number of hydrogen-bond donors (Lipinski definition) is 4. The molecule has 0 radical (unpaired) electrons. The number of likely N-dealkylation sites (tertiary alicyclic amines) is 1. The van der Waals surface area contributed by atoms with Crippen molar-refractivity contribution in [2.24, 2.45) is 41.1 Å². The normalized spacial score (nSPS) is 18.4. The van der Waals surface area contributed by atoms with E-state index < -0.39 is 89.6 Å². The molecule has 2 heterocycles. The molecule has 1 fully saturated rings.